The predicted molar refractivity (Wildman–Crippen MR) is 79.8 cm³/mol. The third-order valence-electron chi connectivity index (χ3n) is 2.80. The molecule has 1 atom stereocenters. The molecule has 0 aliphatic rings. The van der Waals surface area contributed by atoms with Gasteiger partial charge < -0.3 is 0 Å². The van der Waals surface area contributed by atoms with Crippen LogP contribution in [0.3, 0.4) is 0 Å². The van der Waals surface area contributed by atoms with E-state index in [2.05, 4.69) is 44.8 Å². The van der Waals surface area contributed by atoms with Crippen molar-refractivity contribution >= 4 is 37.6 Å². The van der Waals surface area contributed by atoms with Crippen molar-refractivity contribution in [3.8, 4) is 0 Å². The SMILES string of the molecule is Cc1c(Br)cccc1CC(Br)C(=O)C(C)(C)C. The van der Waals surface area contributed by atoms with Crippen LogP contribution in [-0.2, 0) is 11.2 Å². The lowest BCUT2D eigenvalue weighted by Gasteiger charge is -2.21. The van der Waals surface area contributed by atoms with E-state index in [1.807, 2.05) is 32.9 Å². The molecule has 0 aliphatic carbocycles. The summed E-state index contributed by atoms with van der Waals surface area (Å²) in [6, 6.07) is 6.10. The summed E-state index contributed by atoms with van der Waals surface area (Å²) >= 11 is 7.02. The zero-order valence-electron chi connectivity index (χ0n) is 10.7. The van der Waals surface area contributed by atoms with Crippen LogP contribution in [0, 0.1) is 12.3 Å². The average molecular weight is 362 g/mol. The molecule has 3 heteroatoms. The highest BCUT2D eigenvalue weighted by atomic mass is 79.9. The Morgan fingerprint density at radius 2 is 1.94 bits per heavy atom. The molecular weight excluding hydrogens is 344 g/mol. The number of carbonyl (C=O) groups excluding carboxylic acids is 1. The van der Waals surface area contributed by atoms with E-state index in [4.69, 9.17) is 0 Å². The summed E-state index contributed by atoms with van der Waals surface area (Å²) in [4.78, 5) is 12.0. The number of halogens is 2. The Kier molecular flexibility index (Phi) is 4.96. The van der Waals surface area contributed by atoms with Gasteiger partial charge in [-0.2, -0.15) is 0 Å². The fraction of sp³-hybridized carbons (Fsp3) is 0.500. The number of Topliss-reactive ketones (excluding diaryl/α,β-unsaturated/α-hetero) is 1. The van der Waals surface area contributed by atoms with Crippen molar-refractivity contribution in [2.75, 3.05) is 0 Å². The second-order valence-electron chi connectivity index (χ2n) is 5.31. The van der Waals surface area contributed by atoms with Crippen LogP contribution < -0.4 is 0 Å². The molecule has 0 N–H and O–H groups in total. The fourth-order valence-corrected chi connectivity index (χ4v) is 3.07. The van der Waals surface area contributed by atoms with Gasteiger partial charge in [0.15, 0.2) is 5.78 Å². The van der Waals surface area contributed by atoms with Gasteiger partial charge in [-0.1, -0.05) is 64.8 Å². The second-order valence-corrected chi connectivity index (χ2v) is 7.27. The van der Waals surface area contributed by atoms with E-state index in [0.29, 0.717) is 0 Å². The Morgan fingerprint density at radius 1 is 1.35 bits per heavy atom. The van der Waals surface area contributed by atoms with Crippen LogP contribution in [0.2, 0.25) is 0 Å². The Balaban J connectivity index is 2.85. The average Bonchev–Trinajstić information content (AvgIpc) is 2.22. The highest BCUT2D eigenvalue weighted by molar-refractivity contribution is 9.10. The summed E-state index contributed by atoms with van der Waals surface area (Å²) in [7, 11) is 0. The number of ketones is 1. The highest BCUT2D eigenvalue weighted by Gasteiger charge is 2.28. The molecule has 1 nitrogen and oxygen atoms in total. The molecule has 0 aliphatic heterocycles. The minimum atomic E-state index is -0.298. The summed E-state index contributed by atoms with van der Waals surface area (Å²) in [5.74, 6) is 0.247. The summed E-state index contributed by atoms with van der Waals surface area (Å²) in [6.07, 6.45) is 0.737. The topological polar surface area (TPSA) is 17.1 Å². The first-order chi connectivity index (χ1) is 7.73. The van der Waals surface area contributed by atoms with Gasteiger partial charge in [-0.3, -0.25) is 4.79 Å². The molecule has 1 aromatic carbocycles. The van der Waals surface area contributed by atoms with Crippen molar-refractivity contribution in [3.63, 3.8) is 0 Å². The summed E-state index contributed by atoms with van der Waals surface area (Å²) in [5, 5.41) is 0. The fourth-order valence-electron chi connectivity index (χ4n) is 1.63. The first kappa shape index (κ1) is 14.9. The molecule has 0 saturated carbocycles. The van der Waals surface area contributed by atoms with Gasteiger partial charge in [0, 0.05) is 9.89 Å². The highest BCUT2D eigenvalue weighted by Crippen LogP contribution is 2.26. The summed E-state index contributed by atoms with van der Waals surface area (Å²) < 4.78 is 1.10. The maximum Gasteiger partial charge on any atom is 0.152 e. The maximum atomic E-state index is 12.1. The van der Waals surface area contributed by atoms with Crippen LogP contribution in [0.4, 0.5) is 0 Å². The number of hydrogen-bond acceptors (Lipinski definition) is 1. The summed E-state index contributed by atoms with van der Waals surface area (Å²) in [6.45, 7) is 7.94. The smallest absolute Gasteiger partial charge is 0.152 e. The molecule has 0 saturated heterocycles. The van der Waals surface area contributed by atoms with E-state index < -0.39 is 0 Å². The van der Waals surface area contributed by atoms with Gasteiger partial charge >= 0.3 is 0 Å². The third-order valence-corrected chi connectivity index (χ3v) is 4.40. The number of rotatable bonds is 3. The van der Waals surface area contributed by atoms with Crippen molar-refractivity contribution < 1.29 is 4.79 Å². The first-order valence-corrected chi connectivity index (χ1v) is 7.36. The molecule has 17 heavy (non-hydrogen) atoms. The van der Waals surface area contributed by atoms with Crippen LogP contribution in [0.1, 0.15) is 31.9 Å². The lowest BCUT2D eigenvalue weighted by atomic mass is 9.87. The molecule has 0 fully saturated rings. The van der Waals surface area contributed by atoms with Gasteiger partial charge in [-0.25, -0.2) is 0 Å². The molecule has 0 aromatic heterocycles. The van der Waals surface area contributed by atoms with Crippen LogP contribution >= 0.6 is 31.9 Å². The van der Waals surface area contributed by atoms with Gasteiger partial charge in [0.05, 0.1) is 4.83 Å². The van der Waals surface area contributed by atoms with Crippen molar-refractivity contribution in [3.05, 3.63) is 33.8 Å². The second kappa shape index (κ2) is 5.66. The predicted octanol–water partition coefficient (Wildman–Crippen LogP) is 4.68. The van der Waals surface area contributed by atoms with E-state index in [1.54, 1.807) is 0 Å². The van der Waals surface area contributed by atoms with Gasteiger partial charge in [-0.15, -0.1) is 0 Å². The van der Waals surface area contributed by atoms with Crippen LogP contribution in [0.15, 0.2) is 22.7 Å². The molecule has 0 spiro atoms. The molecule has 1 aromatic rings. The third kappa shape index (κ3) is 3.92. The van der Waals surface area contributed by atoms with Gasteiger partial charge in [-0.05, 0) is 30.5 Å². The molecule has 1 unspecified atom stereocenters. The van der Waals surface area contributed by atoms with Crippen molar-refractivity contribution in [2.45, 2.75) is 38.9 Å². The van der Waals surface area contributed by atoms with Crippen molar-refractivity contribution in [2.24, 2.45) is 5.41 Å². The van der Waals surface area contributed by atoms with Crippen molar-refractivity contribution in [1.82, 2.24) is 0 Å². The van der Waals surface area contributed by atoms with Gasteiger partial charge in [0.1, 0.15) is 0 Å². The minimum absolute atomic E-state index is 0.115. The van der Waals surface area contributed by atoms with Crippen molar-refractivity contribution in [1.29, 1.82) is 0 Å². The van der Waals surface area contributed by atoms with Gasteiger partial charge in [0.2, 0.25) is 0 Å². The van der Waals surface area contributed by atoms with E-state index in [1.165, 1.54) is 11.1 Å². The van der Waals surface area contributed by atoms with E-state index >= 15 is 0 Å². The Morgan fingerprint density at radius 3 is 2.47 bits per heavy atom. The Bertz CT molecular complexity index is 419. The lowest BCUT2D eigenvalue weighted by Crippen LogP contribution is -2.30. The maximum absolute atomic E-state index is 12.1. The molecule has 1 rings (SSSR count). The van der Waals surface area contributed by atoms with E-state index in [9.17, 15) is 4.79 Å². The zero-order chi connectivity index (χ0) is 13.2. The Hall–Kier alpha value is -0.150. The van der Waals surface area contributed by atoms with E-state index in [-0.39, 0.29) is 16.0 Å². The number of benzene rings is 1. The molecule has 94 valence electrons. The van der Waals surface area contributed by atoms with Gasteiger partial charge in [0.25, 0.3) is 0 Å². The van der Waals surface area contributed by atoms with E-state index in [0.717, 1.165) is 10.9 Å². The summed E-state index contributed by atoms with van der Waals surface area (Å²) in [5.41, 5.74) is 2.12. The number of alkyl halides is 1. The normalized spacial score (nSPS) is 13.5. The molecule has 0 amide bonds. The lowest BCUT2D eigenvalue weighted by molar-refractivity contribution is -0.125. The molecule has 0 bridgehead atoms. The monoisotopic (exact) mass is 360 g/mol. The zero-order valence-corrected chi connectivity index (χ0v) is 13.9. The first-order valence-electron chi connectivity index (χ1n) is 5.66. The minimum Gasteiger partial charge on any atom is -0.298 e. The molecule has 0 radical (unpaired) electrons. The van der Waals surface area contributed by atoms with Crippen LogP contribution in [0.25, 0.3) is 0 Å². The molecular formula is C14H18Br2O. The molecule has 0 heterocycles. The van der Waals surface area contributed by atoms with Crippen LogP contribution in [0.5, 0.6) is 0 Å². The Labute approximate surface area is 120 Å². The van der Waals surface area contributed by atoms with Crippen LogP contribution in [-0.4, -0.2) is 10.6 Å². The standard InChI is InChI=1S/C14H18Br2O/c1-9-10(6-5-7-11(9)15)8-12(16)13(17)14(2,3)4/h5-7,12H,8H2,1-4H3. The number of hydrogen-bond donors (Lipinski definition) is 0. The number of carbonyl (C=O) groups is 1. The quantitative estimate of drug-likeness (QED) is 0.714. The largest absolute Gasteiger partial charge is 0.298 e.